The molecule has 0 N–H and O–H groups in total. The summed E-state index contributed by atoms with van der Waals surface area (Å²) in [6, 6.07) is 10.0. The van der Waals surface area contributed by atoms with Crippen molar-refractivity contribution in [1.82, 2.24) is 14.8 Å². The Kier molecular flexibility index (Phi) is 5.44. The topological polar surface area (TPSA) is 58.4 Å². The molecule has 0 aliphatic carbocycles. The Morgan fingerprint density at radius 3 is 2.53 bits per heavy atom. The van der Waals surface area contributed by atoms with Crippen LogP contribution < -0.4 is 4.74 Å². The van der Waals surface area contributed by atoms with Gasteiger partial charge in [-0.25, -0.2) is 9.67 Å². The molecule has 1 saturated heterocycles. The highest BCUT2D eigenvalue weighted by Crippen LogP contribution is 2.44. The van der Waals surface area contributed by atoms with Gasteiger partial charge in [0.25, 0.3) is 0 Å². The van der Waals surface area contributed by atoms with Crippen LogP contribution >= 0.6 is 11.6 Å². The zero-order valence-corrected chi connectivity index (χ0v) is 16.5. The van der Waals surface area contributed by atoms with E-state index in [0.717, 1.165) is 6.07 Å². The molecule has 0 bridgehead atoms. The van der Waals surface area contributed by atoms with Crippen LogP contribution in [0.15, 0.2) is 55.1 Å². The molecule has 0 saturated carbocycles. The van der Waals surface area contributed by atoms with Crippen molar-refractivity contribution in [1.29, 1.82) is 0 Å². The van der Waals surface area contributed by atoms with Gasteiger partial charge in [0.05, 0.1) is 18.3 Å². The molecule has 0 amide bonds. The molecule has 2 atom stereocenters. The van der Waals surface area contributed by atoms with Crippen molar-refractivity contribution < 1.29 is 27.4 Å². The van der Waals surface area contributed by atoms with Gasteiger partial charge in [-0.2, -0.15) is 18.3 Å². The minimum Gasteiger partial charge on any atom is -0.457 e. The van der Waals surface area contributed by atoms with Crippen LogP contribution in [0.1, 0.15) is 18.1 Å². The normalized spacial score (nSPS) is 21.7. The lowest BCUT2D eigenvalue weighted by atomic mass is 9.98. The van der Waals surface area contributed by atoms with Crippen LogP contribution in [0.3, 0.4) is 0 Å². The van der Waals surface area contributed by atoms with Gasteiger partial charge < -0.3 is 14.2 Å². The van der Waals surface area contributed by atoms with Gasteiger partial charge in [0, 0.05) is 10.6 Å². The predicted octanol–water partition coefficient (Wildman–Crippen LogP) is 5.03. The molecule has 2 heterocycles. The highest BCUT2D eigenvalue weighted by atomic mass is 35.5. The second kappa shape index (κ2) is 7.90. The van der Waals surface area contributed by atoms with E-state index >= 15 is 0 Å². The molecule has 1 aliphatic rings. The second-order valence-electron chi connectivity index (χ2n) is 6.85. The Labute approximate surface area is 175 Å². The molecule has 1 aromatic heterocycles. The minimum absolute atomic E-state index is 0.0235. The number of alkyl halides is 3. The quantitative estimate of drug-likeness (QED) is 0.558. The second-order valence-corrected chi connectivity index (χ2v) is 7.28. The molecule has 1 fully saturated rings. The Balaban J connectivity index is 1.74. The molecule has 2 unspecified atom stereocenters. The van der Waals surface area contributed by atoms with Crippen molar-refractivity contribution in [2.75, 3.05) is 6.61 Å². The molecular formula is C20H17ClF3N3O3. The number of rotatable bonds is 5. The van der Waals surface area contributed by atoms with Crippen molar-refractivity contribution >= 4 is 11.6 Å². The summed E-state index contributed by atoms with van der Waals surface area (Å²) in [5, 5.41) is 4.47. The van der Waals surface area contributed by atoms with E-state index < -0.39 is 17.5 Å². The third-order valence-electron chi connectivity index (χ3n) is 4.54. The summed E-state index contributed by atoms with van der Waals surface area (Å²) in [6.45, 7) is 1.79. The molecule has 10 heteroatoms. The van der Waals surface area contributed by atoms with Gasteiger partial charge in [0.2, 0.25) is 5.79 Å². The number of hydrogen-bond donors (Lipinski definition) is 0. The minimum atomic E-state index is -4.66. The lowest BCUT2D eigenvalue weighted by Crippen LogP contribution is -2.36. The maximum absolute atomic E-state index is 14.0. The Bertz CT molecular complexity index is 1010. The standard InChI is InChI=1S/C20H17ClF3N3O3/c1-13-9-28-19(30-13,10-27-12-25-11-26-27)17-7-6-16(8-18(17)20(22,23)24)29-15-4-2-14(21)3-5-15/h2-8,11-13H,9-10H2,1H3. The zero-order valence-electron chi connectivity index (χ0n) is 15.8. The number of aromatic nitrogens is 3. The summed E-state index contributed by atoms with van der Waals surface area (Å²) in [4.78, 5) is 3.84. The molecule has 4 rings (SSSR count). The van der Waals surface area contributed by atoms with Crippen LogP contribution in [-0.4, -0.2) is 27.5 Å². The van der Waals surface area contributed by atoms with E-state index in [2.05, 4.69) is 10.1 Å². The van der Waals surface area contributed by atoms with Crippen molar-refractivity contribution in [2.45, 2.75) is 31.5 Å². The van der Waals surface area contributed by atoms with E-state index in [-0.39, 0.29) is 30.6 Å². The van der Waals surface area contributed by atoms with Gasteiger partial charge in [-0.3, -0.25) is 0 Å². The lowest BCUT2D eigenvalue weighted by molar-refractivity contribution is -0.195. The summed E-state index contributed by atoms with van der Waals surface area (Å²) in [6.07, 6.45) is -2.37. The fourth-order valence-corrected chi connectivity index (χ4v) is 3.40. The first-order chi connectivity index (χ1) is 14.2. The number of nitrogens with zero attached hydrogens (tertiary/aromatic N) is 3. The number of halogens is 4. The molecule has 1 aliphatic heterocycles. The van der Waals surface area contributed by atoms with Crippen LogP contribution in [0.4, 0.5) is 13.2 Å². The average molecular weight is 440 g/mol. The van der Waals surface area contributed by atoms with Crippen molar-refractivity contribution in [3.05, 3.63) is 71.3 Å². The summed E-state index contributed by atoms with van der Waals surface area (Å²) >= 11 is 5.83. The van der Waals surface area contributed by atoms with E-state index in [1.807, 2.05) is 0 Å². The van der Waals surface area contributed by atoms with Gasteiger partial charge in [0.1, 0.15) is 30.7 Å². The first-order valence-electron chi connectivity index (χ1n) is 9.04. The van der Waals surface area contributed by atoms with Crippen LogP contribution in [-0.2, 0) is 28.0 Å². The van der Waals surface area contributed by atoms with Crippen LogP contribution in [0, 0.1) is 0 Å². The zero-order chi connectivity index (χ0) is 21.4. The first-order valence-corrected chi connectivity index (χ1v) is 9.42. The first kappa shape index (κ1) is 20.6. The summed E-state index contributed by atoms with van der Waals surface area (Å²) < 4.78 is 60.6. The van der Waals surface area contributed by atoms with E-state index in [0.29, 0.717) is 10.8 Å². The highest BCUT2D eigenvalue weighted by molar-refractivity contribution is 6.30. The highest BCUT2D eigenvalue weighted by Gasteiger charge is 2.48. The number of ether oxygens (including phenoxy) is 3. The van der Waals surface area contributed by atoms with Crippen molar-refractivity contribution in [2.24, 2.45) is 0 Å². The molecule has 6 nitrogen and oxygen atoms in total. The maximum Gasteiger partial charge on any atom is 0.417 e. The molecule has 2 aromatic carbocycles. The smallest absolute Gasteiger partial charge is 0.417 e. The van der Waals surface area contributed by atoms with E-state index in [9.17, 15) is 13.2 Å². The van der Waals surface area contributed by atoms with E-state index in [4.69, 9.17) is 25.8 Å². The Hall–Kier alpha value is -2.62. The van der Waals surface area contributed by atoms with Gasteiger partial charge in [-0.05, 0) is 49.4 Å². The molecule has 0 radical (unpaired) electrons. The van der Waals surface area contributed by atoms with Crippen LogP contribution in [0.25, 0.3) is 0 Å². The Morgan fingerprint density at radius 2 is 1.93 bits per heavy atom. The predicted molar refractivity (Wildman–Crippen MR) is 101 cm³/mol. The molecule has 158 valence electrons. The molecule has 3 aromatic rings. The van der Waals surface area contributed by atoms with Gasteiger partial charge in [-0.15, -0.1) is 0 Å². The third kappa shape index (κ3) is 4.28. The van der Waals surface area contributed by atoms with Crippen LogP contribution in [0.5, 0.6) is 11.5 Å². The fraction of sp³-hybridized carbons (Fsp3) is 0.300. The third-order valence-corrected chi connectivity index (χ3v) is 4.79. The van der Waals surface area contributed by atoms with Gasteiger partial charge in [0.15, 0.2) is 0 Å². The van der Waals surface area contributed by atoms with Crippen molar-refractivity contribution in [3.63, 3.8) is 0 Å². The summed E-state index contributed by atoms with van der Waals surface area (Å²) in [7, 11) is 0. The van der Waals surface area contributed by atoms with E-state index in [1.165, 1.54) is 29.5 Å². The maximum atomic E-state index is 14.0. The number of benzene rings is 2. The van der Waals surface area contributed by atoms with Gasteiger partial charge >= 0.3 is 6.18 Å². The van der Waals surface area contributed by atoms with E-state index in [1.54, 1.807) is 31.2 Å². The number of hydrogen-bond acceptors (Lipinski definition) is 5. The van der Waals surface area contributed by atoms with Crippen LogP contribution in [0.2, 0.25) is 5.02 Å². The summed E-state index contributed by atoms with van der Waals surface area (Å²) in [5.41, 5.74) is -1.07. The Morgan fingerprint density at radius 1 is 1.20 bits per heavy atom. The largest absolute Gasteiger partial charge is 0.457 e. The average Bonchev–Trinajstić information content (AvgIpc) is 3.33. The molecule has 0 spiro atoms. The molecule has 30 heavy (non-hydrogen) atoms. The lowest BCUT2D eigenvalue weighted by Gasteiger charge is -2.30. The monoisotopic (exact) mass is 439 g/mol. The van der Waals surface area contributed by atoms with Crippen molar-refractivity contribution in [3.8, 4) is 11.5 Å². The molecular weight excluding hydrogens is 423 g/mol. The SMILES string of the molecule is CC1COC(Cn2cncn2)(c2ccc(Oc3ccc(Cl)cc3)cc2C(F)(F)F)O1. The fourth-order valence-electron chi connectivity index (χ4n) is 3.27. The summed E-state index contributed by atoms with van der Waals surface area (Å²) in [5.74, 6) is -1.27. The van der Waals surface area contributed by atoms with Gasteiger partial charge in [-0.1, -0.05) is 11.6 Å².